The van der Waals surface area contributed by atoms with Gasteiger partial charge in [0.1, 0.15) is 0 Å². The van der Waals surface area contributed by atoms with Gasteiger partial charge in [0, 0.05) is 18.2 Å². The van der Waals surface area contributed by atoms with Crippen LogP contribution in [0.1, 0.15) is 55.1 Å². The van der Waals surface area contributed by atoms with Gasteiger partial charge in [-0.1, -0.05) is 45.0 Å². The van der Waals surface area contributed by atoms with Gasteiger partial charge >= 0.3 is 0 Å². The van der Waals surface area contributed by atoms with Crippen LogP contribution in [-0.4, -0.2) is 16.7 Å². The maximum atomic E-state index is 5.94. The molecule has 1 aromatic heterocycles. The zero-order chi connectivity index (χ0) is 13.8. The number of nitrogens with two attached hydrogens (primary N) is 1. The van der Waals surface area contributed by atoms with Gasteiger partial charge in [-0.25, -0.2) is 0 Å². The van der Waals surface area contributed by atoms with Crippen molar-refractivity contribution in [1.29, 1.82) is 0 Å². The standard InChI is InChI=1S/C16H23N3/c1-4-12-5-7-13(8-6-12)14(10-17)16-9-15(11(2)3)18-19-16/h5-9,11,14H,4,10,17H2,1-3H3,(H,18,19). The van der Waals surface area contributed by atoms with E-state index in [1.54, 1.807) is 0 Å². The lowest BCUT2D eigenvalue weighted by Crippen LogP contribution is -2.14. The summed E-state index contributed by atoms with van der Waals surface area (Å²) in [5.74, 6) is 0.636. The molecule has 0 aliphatic rings. The van der Waals surface area contributed by atoms with Crippen molar-refractivity contribution in [3.8, 4) is 0 Å². The zero-order valence-electron chi connectivity index (χ0n) is 12.0. The van der Waals surface area contributed by atoms with E-state index in [0.717, 1.165) is 17.8 Å². The van der Waals surface area contributed by atoms with Gasteiger partial charge in [-0.2, -0.15) is 5.10 Å². The fraction of sp³-hybridized carbons (Fsp3) is 0.438. The number of aryl methyl sites for hydroxylation is 1. The molecule has 0 saturated carbocycles. The first-order valence-electron chi connectivity index (χ1n) is 6.99. The van der Waals surface area contributed by atoms with Crippen LogP contribution in [0.2, 0.25) is 0 Å². The Kier molecular flexibility index (Phi) is 4.38. The molecule has 0 saturated heterocycles. The van der Waals surface area contributed by atoms with E-state index in [4.69, 9.17) is 5.73 Å². The van der Waals surface area contributed by atoms with Crippen molar-refractivity contribution in [2.45, 2.75) is 39.0 Å². The molecule has 1 unspecified atom stereocenters. The number of H-pyrrole nitrogens is 1. The van der Waals surface area contributed by atoms with Crippen LogP contribution in [0.5, 0.6) is 0 Å². The van der Waals surface area contributed by atoms with E-state index in [1.165, 1.54) is 11.1 Å². The molecule has 0 aliphatic carbocycles. The minimum Gasteiger partial charge on any atom is -0.329 e. The molecule has 0 spiro atoms. The van der Waals surface area contributed by atoms with Gasteiger partial charge in [-0.15, -0.1) is 0 Å². The first-order chi connectivity index (χ1) is 9.15. The monoisotopic (exact) mass is 257 g/mol. The van der Waals surface area contributed by atoms with Crippen LogP contribution in [0.3, 0.4) is 0 Å². The third-order valence-corrected chi connectivity index (χ3v) is 3.61. The summed E-state index contributed by atoms with van der Waals surface area (Å²) in [6.07, 6.45) is 1.06. The molecular formula is C16H23N3. The lowest BCUT2D eigenvalue weighted by Gasteiger charge is -2.13. The van der Waals surface area contributed by atoms with Gasteiger partial charge in [0.25, 0.3) is 0 Å². The third-order valence-electron chi connectivity index (χ3n) is 3.61. The Morgan fingerprint density at radius 1 is 1.21 bits per heavy atom. The molecule has 1 atom stereocenters. The predicted molar refractivity (Wildman–Crippen MR) is 79.4 cm³/mol. The zero-order valence-corrected chi connectivity index (χ0v) is 12.0. The highest BCUT2D eigenvalue weighted by Gasteiger charge is 2.16. The van der Waals surface area contributed by atoms with Crippen molar-refractivity contribution < 1.29 is 0 Å². The summed E-state index contributed by atoms with van der Waals surface area (Å²) in [6.45, 7) is 7.05. The summed E-state index contributed by atoms with van der Waals surface area (Å²) in [5.41, 5.74) is 10.8. The molecule has 3 heteroatoms. The molecule has 2 aromatic rings. The van der Waals surface area contributed by atoms with E-state index in [2.05, 4.69) is 61.3 Å². The molecule has 0 aliphatic heterocycles. The highest BCUT2D eigenvalue weighted by atomic mass is 15.1. The van der Waals surface area contributed by atoms with Crippen molar-refractivity contribution in [3.63, 3.8) is 0 Å². The van der Waals surface area contributed by atoms with E-state index >= 15 is 0 Å². The molecule has 0 radical (unpaired) electrons. The second-order valence-electron chi connectivity index (χ2n) is 5.29. The Morgan fingerprint density at radius 2 is 1.89 bits per heavy atom. The van der Waals surface area contributed by atoms with Crippen LogP contribution in [0.15, 0.2) is 30.3 Å². The topological polar surface area (TPSA) is 54.7 Å². The molecule has 0 amide bonds. The lowest BCUT2D eigenvalue weighted by molar-refractivity contribution is 0.772. The van der Waals surface area contributed by atoms with E-state index in [-0.39, 0.29) is 5.92 Å². The molecular weight excluding hydrogens is 234 g/mol. The van der Waals surface area contributed by atoms with Crippen LogP contribution in [0, 0.1) is 0 Å². The van der Waals surface area contributed by atoms with E-state index in [0.29, 0.717) is 12.5 Å². The Morgan fingerprint density at radius 3 is 2.37 bits per heavy atom. The minimum absolute atomic E-state index is 0.200. The Hall–Kier alpha value is -1.61. The second-order valence-corrected chi connectivity index (χ2v) is 5.29. The van der Waals surface area contributed by atoms with Gasteiger partial charge < -0.3 is 5.73 Å². The quantitative estimate of drug-likeness (QED) is 0.864. The summed E-state index contributed by atoms with van der Waals surface area (Å²) in [5, 5.41) is 7.50. The summed E-state index contributed by atoms with van der Waals surface area (Å²) >= 11 is 0. The largest absolute Gasteiger partial charge is 0.329 e. The Balaban J connectivity index is 2.26. The third kappa shape index (κ3) is 3.04. The van der Waals surface area contributed by atoms with Crippen molar-refractivity contribution in [2.24, 2.45) is 5.73 Å². The maximum Gasteiger partial charge on any atom is 0.0650 e. The summed E-state index contributed by atoms with van der Waals surface area (Å²) in [4.78, 5) is 0. The fourth-order valence-electron chi connectivity index (χ4n) is 2.26. The van der Waals surface area contributed by atoms with Crippen LogP contribution in [0.25, 0.3) is 0 Å². The molecule has 1 heterocycles. The summed E-state index contributed by atoms with van der Waals surface area (Å²) in [6, 6.07) is 10.8. The van der Waals surface area contributed by atoms with Gasteiger partial charge in [0.05, 0.1) is 5.69 Å². The summed E-state index contributed by atoms with van der Waals surface area (Å²) < 4.78 is 0. The molecule has 3 N–H and O–H groups in total. The van der Waals surface area contributed by atoms with Crippen LogP contribution in [0.4, 0.5) is 0 Å². The van der Waals surface area contributed by atoms with Gasteiger partial charge in [0.15, 0.2) is 0 Å². The van der Waals surface area contributed by atoms with Crippen LogP contribution >= 0.6 is 0 Å². The fourth-order valence-corrected chi connectivity index (χ4v) is 2.26. The molecule has 19 heavy (non-hydrogen) atoms. The molecule has 1 aromatic carbocycles. The van der Waals surface area contributed by atoms with Crippen molar-refractivity contribution in [1.82, 2.24) is 10.2 Å². The van der Waals surface area contributed by atoms with E-state index < -0.39 is 0 Å². The van der Waals surface area contributed by atoms with Gasteiger partial charge in [-0.05, 0) is 29.5 Å². The average Bonchev–Trinajstić information content (AvgIpc) is 2.90. The first-order valence-corrected chi connectivity index (χ1v) is 6.99. The number of benzene rings is 1. The Bertz CT molecular complexity index is 511. The molecule has 2 rings (SSSR count). The highest BCUT2D eigenvalue weighted by molar-refractivity contribution is 5.32. The predicted octanol–water partition coefficient (Wildman–Crippen LogP) is 3.19. The molecule has 3 nitrogen and oxygen atoms in total. The number of nitrogens with one attached hydrogen (secondary N) is 1. The van der Waals surface area contributed by atoms with Gasteiger partial charge in [-0.3, -0.25) is 5.10 Å². The number of aromatic amines is 1. The molecule has 102 valence electrons. The summed E-state index contributed by atoms with van der Waals surface area (Å²) in [7, 11) is 0. The Labute approximate surface area is 115 Å². The number of aromatic nitrogens is 2. The first kappa shape index (κ1) is 13.8. The number of nitrogens with zero attached hydrogens (tertiary/aromatic N) is 1. The van der Waals surface area contributed by atoms with E-state index in [9.17, 15) is 0 Å². The van der Waals surface area contributed by atoms with E-state index in [1.807, 2.05) is 0 Å². The number of hydrogen-bond donors (Lipinski definition) is 2. The average molecular weight is 257 g/mol. The second kappa shape index (κ2) is 6.02. The normalized spacial score (nSPS) is 12.9. The minimum atomic E-state index is 0.200. The lowest BCUT2D eigenvalue weighted by atomic mass is 9.94. The SMILES string of the molecule is CCc1ccc(C(CN)c2cc(C(C)C)n[nH]2)cc1. The number of rotatable bonds is 5. The number of hydrogen-bond acceptors (Lipinski definition) is 2. The van der Waals surface area contributed by atoms with Crippen molar-refractivity contribution in [3.05, 3.63) is 52.8 Å². The van der Waals surface area contributed by atoms with Gasteiger partial charge in [0.2, 0.25) is 0 Å². The van der Waals surface area contributed by atoms with Crippen molar-refractivity contribution >= 4 is 0 Å². The van der Waals surface area contributed by atoms with Crippen LogP contribution in [-0.2, 0) is 6.42 Å². The van der Waals surface area contributed by atoms with Crippen molar-refractivity contribution in [2.75, 3.05) is 6.54 Å². The molecule has 0 fully saturated rings. The highest BCUT2D eigenvalue weighted by Crippen LogP contribution is 2.24. The smallest absolute Gasteiger partial charge is 0.0650 e. The molecule has 0 bridgehead atoms. The maximum absolute atomic E-state index is 5.94. The van der Waals surface area contributed by atoms with Crippen LogP contribution < -0.4 is 5.73 Å².